The minimum Gasteiger partial charge on any atom is -0.497 e. The average Bonchev–Trinajstić information content (AvgIpc) is 3.39. The largest absolute Gasteiger partial charge is 0.497 e. The maximum atomic E-state index is 13.0. The van der Waals surface area contributed by atoms with Crippen LogP contribution in [-0.2, 0) is 4.79 Å². The summed E-state index contributed by atoms with van der Waals surface area (Å²) in [6.45, 7) is 1.31. The topological polar surface area (TPSA) is 93.9 Å². The Morgan fingerprint density at radius 2 is 1.93 bits per heavy atom. The summed E-state index contributed by atoms with van der Waals surface area (Å²) in [5.74, 6) is 0.907. The number of rotatable bonds is 6. The van der Waals surface area contributed by atoms with Gasteiger partial charge in [-0.25, -0.2) is 4.79 Å². The van der Waals surface area contributed by atoms with Crippen LogP contribution in [0.4, 0.5) is 0 Å². The van der Waals surface area contributed by atoms with Crippen molar-refractivity contribution in [2.24, 2.45) is 5.92 Å². The Morgan fingerprint density at radius 1 is 1.17 bits per heavy atom. The van der Waals surface area contributed by atoms with E-state index in [2.05, 4.69) is 5.10 Å². The number of benzene rings is 1. The second-order valence-electron chi connectivity index (χ2n) is 7.63. The summed E-state index contributed by atoms with van der Waals surface area (Å²) in [7, 11) is 3.27. The van der Waals surface area contributed by atoms with Gasteiger partial charge in [0, 0.05) is 36.7 Å². The van der Waals surface area contributed by atoms with Crippen molar-refractivity contribution in [3.05, 3.63) is 41.7 Å². The molecule has 4 rings (SSSR count). The predicted molar refractivity (Wildman–Crippen MR) is 104 cm³/mol. The fourth-order valence-corrected chi connectivity index (χ4v) is 4.17. The van der Waals surface area contributed by atoms with Crippen LogP contribution in [0.25, 0.3) is 0 Å². The standard InChI is InChI=1S/C21H25N3O5/c1-28-15-3-4-19(29-2)17(9-15)16-10-18(16)20(25)23-7-5-14(6-8-23)24-12-13(11-22-24)21(26)27/h3-4,9,11-12,14,16,18H,5-8,10H2,1-2H3,(H,26,27). The zero-order chi connectivity index (χ0) is 20.5. The number of piperidine rings is 1. The van der Waals surface area contributed by atoms with Crippen LogP contribution in [0.15, 0.2) is 30.6 Å². The van der Waals surface area contributed by atoms with Gasteiger partial charge in [0.25, 0.3) is 0 Å². The number of hydrogen-bond acceptors (Lipinski definition) is 5. The van der Waals surface area contributed by atoms with Crippen LogP contribution < -0.4 is 9.47 Å². The molecular weight excluding hydrogens is 374 g/mol. The number of hydrogen-bond donors (Lipinski definition) is 1. The van der Waals surface area contributed by atoms with Crippen molar-refractivity contribution in [2.75, 3.05) is 27.3 Å². The van der Waals surface area contributed by atoms with E-state index in [4.69, 9.17) is 14.6 Å². The van der Waals surface area contributed by atoms with Gasteiger partial charge in [-0.3, -0.25) is 9.48 Å². The van der Waals surface area contributed by atoms with Crippen molar-refractivity contribution < 1.29 is 24.2 Å². The Bertz CT molecular complexity index is 917. The molecule has 1 N–H and O–H groups in total. The van der Waals surface area contributed by atoms with Gasteiger partial charge in [-0.2, -0.15) is 5.10 Å². The zero-order valence-electron chi connectivity index (χ0n) is 16.6. The molecule has 1 aromatic carbocycles. The molecule has 2 aliphatic rings. The lowest BCUT2D eigenvalue weighted by Gasteiger charge is -2.32. The van der Waals surface area contributed by atoms with Crippen LogP contribution in [0, 0.1) is 5.92 Å². The molecule has 0 radical (unpaired) electrons. The molecule has 1 aliphatic carbocycles. The van der Waals surface area contributed by atoms with Crippen molar-refractivity contribution in [3.8, 4) is 11.5 Å². The monoisotopic (exact) mass is 399 g/mol. The minimum atomic E-state index is -0.975. The van der Waals surface area contributed by atoms with E-state index in [0.29, 0.717) is 13.1 Å². The van der Waals surface area contributed by atoms with Crippen molar-refractivity contribution in [1.82, 2.24) is 14.7 Å². The van der Waals surface area contributed by atoms with E-state index in [1.165, 1.54) is 6.20 Å². The summed E-state index contributed by atoms with van der Waals surface area (Å²) < 4.78 is 12.5. The number of nitrogens with zero attached hydrogens (tertiary/aromatic N) is 3. The second kappa shape index (κ2) is 7.77. The number of ether oxygens (including phenoxy) is 2. The number of carboxylic acids is 1. The molecule has 2 unspecified atom stereocenters. The molecule has 2 fully saturated rings. The van der Waals surface area contributed by atoms with E-state index < -0.39 is 5.97 Å². The van der Waals surface area contributed by atoms with Gasteiger partial charge >= 0.3 is 5.97 Å². The third-order valence-corrected chi connectivity index (χ3v) is 5.94. The summed E-state index contributed by atoms with van der Waals surface area (Å²) in [4.78, 5) is 25.9. The molecule has 1 aromatic heterocycles. The first kappa shape index (κ1) is 19.3. The van der Waals surface area contributed by atoms with E-state index in [0.717, 1.165) is 36.3 Å². The van der Waals surface area contributed by atoms with Crippen LogP contribution >= 0.6 is 0 Å². The number of carbonyl (C=O) groups excluding carboxylic acids is 1. The fraction of sp³-hybridized carbons (Fsp3) is 0.476. The highest BCUT2D eigenvalue weighted by Gasteiger charge is 2.47. The molecule has 2 aromatic rings. The van der Waals surface area contributed by atoms with Gasteiger partial charge in [-0.1, -0.05) is 0 Å². The van der Waals surface area contributed by atoms with Crippen LogP contribution in [0.2, 0.25) is 0 Å². The Morgan fingerprint density at radius 3 is 2.55 bits per heavy atom. The van der Waals surface area contributed by atoms with Crippen LogP contribution in [0.3, 0.4) is 0 Å². The quantitative estimate of drug-likeness (QED) is 0.802. The Kier molecular flexibility index (Phi) is 5.17. The Labute approximate surface area is 169 Å². The molecular formula is C21H25N3O5. The van der Waals surface area contributed by atoms with Crippen LogP contribution in [0.1, 0.15) is 47.1 Å². The summed E-state index contributed by atoms with van der Waals surface area (Å²) in [5.41, 5.74) is 1.22. The number of carboxylic acid groups (broad SMARTS) is 1. The van der Waals surface area contributed by atoms with Gasteiger partial charge in [0.15, 0.2) is 0 Å². The Hall–Kier alpha value is -3.03. The van der Waals surface area contributed by atoms with Crippen molar-refractivity contribution in [2.45, 2.75) is 31.2 Å². The molecule has 1 aliphatic heterocycles. The highest BCUT2D eigenvalue weighted by molar-refractivity contribution is 5.86. The van der Waals surface area contributed by atoms with Crippen molar-refractivity contribution >= 4 is 11.9 Å². The average molecular weight is 399 g/mol. The molecule has 1 amide bonds. The fourth-order valence-electron chi connectivity index (χ4n) is 4.17. The summed E-state index contributed by atoms with van der Waals surface area (Å²) in [6, 6.07) is 5.83. The minimum absolute atomic E-state index is 0.0177. The van der Waals surface area contributed by atoms with Gasteiger partial charge in [0.05, 0.1) is 32.0 Å². The van der Waals surface area contributed by atoms with Crippen molar-refractivity contribution in [1.29, 1.82) is 0 Å². The van der Waals surface area contributed by atoms with Gasteiger partial charge in [-0.05, 0) is 37.5 Å². The Balaban J connectivity index is 1.37. The van der Waals surface area contributed by atoms with E-state index in [1.54, 1.807) is 25.1 Å². The summed E-state index contributed by atoms with van der Waals surface area (Å²) >= 11 is 0. The predicted octanol–water partition coefficient (Wildman–Crippen LogP) is 2.57. The number of likely N-dealkylation sites (tertiary alicyclic amines) is 1. The van der Waals surface area contributed by atoms with Gasteiger partial charge in [0.2, 0.25) is 5.91 Å². The van der Waals surface area contributed by atoms with Gasteiger partial charge in [0.1, 0.15) is 11.5 Å². The number of amides is 1. The number of methoxy groups -OCH3 is 2. The van der Waals surface area contributed by atoms with Gasteiger partial charge < -0.3 is 19.5 Å². The van der Waals surface area contributed by atoms with Crippen LogP contribution in [-0.4, -0.2) is 59.0 Å². The maximum absolute atomic E-state index is 13.0. The van der Waals surface area contributed by atoms with E-state index in [9.17, 15) is 9.59 Å². The van der Waals surface area contributed by atoms with E-state index in [1.807, 2.05) is 23.1 Å². The van der Waals surface area contributed by atoms with Crippen LogP contribution in [0.5, 0.6) is 11.5 Å². The van der Waals surface area contributed by atoms with Crippen molar-refractivity contribution in [3.63, 3.8) is 0 Å². The molecule has 0 bridgehead atoms. The molecule has 29 heavy (non-hydrogen) atoms. The smallest absolute Gasteiger partial charge is 0.338 e. The molecule has 2 heterocycles. The van der Waals surface area contributed by atoms with Gasteiger partial charge in [-0.15, -0.1) is 0 Å². The third kappa shape index (κ3) is 3.79. The van der Waals surface area contributed by atoms with E-state index in [-0.39, 0.29) is 29.3 Å². The molecule has 1 saturated carbocycles. The lowest BCUT2D eigenvalue weighted by atomic mass is 10.0. The normalized spacial score (nSPS) is 21.7. The molecule has 154 valence electrons. The second-order valence-corrected chi connectivity index (χ2v) is 7.63. The molecule has 1 saturated heterocycles. The SMILES string of the molecule is COc1ccc(OC)c(C2CC2C(=O)N2CCC(n3cc(C(=O)O)cn3)CC2)c1. The molecule has 8 nitrogen and oxygen atoms in total. The first-order valence-corrected chi connectivity index (χ1v) is 9.80. The molecule has 2 atom stereocenters. The van der Waals surface area contributed by atoms with E-state index >= 15 is 0 Å². The highest BCUT2D eigenvalue weighted by Crippen LogP contribution is 2.52. The summed E-state index contributed by atoms with van der Waals surface area (Å²) in [5, 5.41) is 13.2. The number of carbonyl (C=O) groups is 2. The lowest BCUT2D eigenvalue weighted by Crippen LogP contribution is -2.40. The first-order valence-electron chi connectivity index (χ1n) is 9.80. The highest BCUT2D eigenvalue weighted by atomic mass is 16.5. The first-order chi connectivity index (χ1) is 14.0. The third-order valence-electron chi connectivity index (χ3n) is 5.94. The zero-order valence-corrected chi connectivity index (χ0v) is 16.6. The maximum Gasteiger partial charge on any atom is 0.338 e. The number of aromatic nitrogens is 2. The molecule has 0 spiro atoms. The number of aromatic carboxylic acids is 1. The lowest BCUT2D eigenvalue weighted by molar-refractivity contribution is -0.134. The summed E-state index contributed by atoms with van der Waals surface area (Å²) in [6.07, 6.45) is 5.30. The molecule has 8 heteroatoms.